The number of nitrogens with zero attached hydrogens (tertiary/aromatic N) is 4. The molecule has 8 nitrogen and oxygen atoms in total. The zero-order valence-electron chi connectivity index (χ0n) is 13.7. The third-order valence-corrected chi connectivity index (χ3v) is 3.72. The Bertz CT molecular complexity index is 868. The van der Waals surface area contributed by atoms with Crippen molar-refractivity contribution in [1.82, 2.24) is 19.7 Å². The van der Waals surface area contributed by atoms with E-state index in [-0.39, 0.29) is 11.9 Å². The van der Waals surface area contributed by atoms with E-state index in [2.05, 4.69) is 19.8 Å². The van der Waals surface area contributed by atoms with Crippen molar-refractivity contribution in [1.29, 1.82) is 0 Å². The summed E-state index contributed by atoms with van der Waals surface area (Å²) in [5.74, 6) is 1.40. The first-order chi connectivity index (χ1) is 11.6. The van der Waals surface area contributed by atoms with E-state index in [9.17, 15) is 4.79 Å². The number of carbonyl (C=O) groups is 1. The number of furan rings is 1. The van der Waals surface area contributed by atoms with E-state index in [0.717, 1.165) is 24.0 Å². The second-order valence-electron chi connectivity index (χ2n) is 5.48. The number of aryl methyl sites for hydroxylation is 2. The summed E-state index contributed by atoms with van der Waals surface area (Å²) in [6.45, 7) is 2.50. The Kier molecular flexibility index (Phi) is 4.45. The minimum absolute atomic E-state index is 0.169. The van der Waals surface area contributed by atoms with Gasteiger partial charge in [0.25, 0.3) is 0 Å². The van der Waals surface area contributed by atoms with Gasteiger partial charge in [-0.15, -0.1) is 0 Å². The van der Waals surface area contributed by atoms with Crippen LogP contribution in [0.2, 0.25) is 0 Å². The highest BCUT2D eigenvalue weighted by molar-refractivity contribution is 5.89. The molecular formula is C16H19N5O3. The van der Waals surface area contributed by atoms with Gasteiger partial charge in [-0.2, -0.15) is 10.1 Å². The van der Waals surface area contributed by atoms with Gasteiger partial charge in [-0.1, -0.05) is 0 Å². The lowest BCUT2D eigenvalue weighted by Gasteiger charge is -2.05. The Labute approximate surface area is 138 Å². The number of hydrogen-bond acceptors (Lipinski definition) is 7. The van der Waals surface area contributed by atoms with Crippen molar-refractivity contribution in [2.24, 2.45) is 0 Å². The number of unbranched alkanes of at least 4 members (excludes halogenated alkanes) is 1. The molecule has 0 aromatic carbocycles. The van der Waals surface area contributed by atoms with Gasteiger partial charge < -0.3 is 14.9 Å². The first kappa shape index (κ1) is 16.0. The fourth-order valence-corrected chi connectivity index (χ4v) is 2.52. The summed E-state index contributed by atoms with van der Waals surface area (Å²) in [4.78, 5) is 19.7. The van der Waals surface area contributed by atoms with E-state index in [4.69, 9.17) is 10.2 Å². The molecule has 0 radical (unpaired) electrons. The van der Waals surface area contributed by atoms with E-state index < -0.39 is 0 Å². The summed E-state index contributed by atoms with van der Waals surface area (Å²) in [6.07, 6.45) is 3.61. The van der Waals surface area contributed by atoms with E-state index in [0.29, 0.717) is 30.1 Å². The molecule has 3 aromatic rings. The van der Waals surface area contributed by atoms with E-state index in [1.54, 1.807) is 10.9 Å². The third-order valence-electron chi connectivity index (χ3n) is 3.72. The number of nitrogen functional groups attached to an aromatic ring is 1. The molecule has 0 bridgehead atoms. The van der Waals surface area contributed by atoms with Gasteiger partial charge in [0.15, 0.2) is 11.4 Å². The molecule has 24 heavy (non-hydrogen) atoms. The van der Waals surface area contributed by atoms with Crippen molar-refractivity contribution < 1.29 is 13.9 Å². The fraction of sp³-hybridized carbons (Fsp3) is 0.375. The maximum atomic E-state index is 11.1. The number of ether oxygens (including phenoxy) is 1. The molecule has 2 N–H and O–H groups in total. The first-order valence-corrected chi connectivity index (χ1v) is 7.71. The molecule has 0 aliphatic heterocycles. The minimum atomic E-state index is -0.206. The minimum Gasteiger partial charge on any atom is -0.469 e. The standard InChI is InChI=1S/C16H19N5O3/c1-10-6-7-12(24-10)14-11-9-18-21(15(11)20-16(17)19-14)8-4-3-5-13(22)23-2/h6-7,9H,3-5,8H2,1-2H3,(H2,17,19,20). The summed E-state index contributed by atoms with van der Waals surface area (Å²) < 4.78 is 12.0. The molecule has 126 valence electrons. The van der Waals surface area contributed by atoms with Gasteiger partial charge in [0.05, 0.1) is 18.7 Å². The molecule has 0 atom stereocenters. The second kappa shape index (κ2) is 6.69. The van der Waals surface area contributed by atoms with Crippen molar-refractivity contribution in [2.75, 3.05) is 12.8 Å². The summed E-state index contributed by atoms with van der Waals surface area (Å²) in [5.41, 5.74) is 7.13. The Morgan fingerprint density at radius 2 is 2.17 bits per heavy atom. The fourth-order valence-electron chi connectivity index (χ4n) is 2.52. The summed E-state index contributed by atoms with van der Waals surface area (Å²) >= 11 is 0. The van der Waals surface area contributed by atoms with Crippen LogP contribution in [0.1, 0.15) is 25.0 Å². The van der Waals surface area contributed by atoms with Crippen LogP contribution in [0.5, 0.6) is 0 Å². The number of fused-ring (bicyclic) bond motifs is 1. The Hall–Kier alpha value is -2.90. The zero-order chi connectivity index (χ0) is 17.1. The number of methoxy groups -OCH3 is 1. The van der Waals surface area contributed by atoms with Gasteiger partial charge in [0, 0.05) is 13.0 Å². The molecule has 0 amide bonds. The largest absolute Gasteiger partial charge is 0.469 e. The normalized spacial score (nSPS) is 11.1. The molecule has 0 aliphatic carbocycles. The molecule has 0 fully saturated rings. The van der Waals surface area contributed by atoms with Crippen molar-refractivity contribution in [3.63, 3.8) is 0 Å². The molecule has 3 aromatic heterocycles. The quantitative estimate of drug-likeness (QED) is 0.546. The summed E-state index contributed by atoms with van der Waals surface area (Å²) in [5, 5.41) is 5.15. The Balaban J connectivity index is 1.84. The van der Waals surface area contributed by atoms with Gasteiger partial charge in [-0.3, -0.25) is 4.79 Å². The van der Waals surface area contributed by atoms with E-state index in [1.165, 1.54) is 7.11 Å². The zero-order valence-corrected chi connectivity index (χ0v) is 13.7. The maximum absolute atomic E-state index is 11.1. The van der Waals surface area contributed by atoms with Crippen molar-refractivity contribution in [3.05, 3.63) is 24.1 Å². The number of anilines is 1. The lowest BCUT2D eigenvalue weighted by atomic mass is 10.2. The highest BCUT2D eigenvalue weighted by Gasteiger charge is 2.15. The summed E-state index contributed by atoms with van der Waals surface area (Å²) in [6, 6.07) is 3.72. The monoisotopic (exact) mass is 329 g/mol. The average molecular weight is 329 g/mol. The van der Waals surface area contributed by atoms with Crippen molar-refractivity contribution in [3.8, 4) is 11.5 Å². The van der Waals surface area contributed by atoms with Crippen LogP contribution in [0.25, 0.3) is 22.5 Å². The molecule has 0 saturated carbocycles. The average Bonchev–Trinajstić information content (AvgIpc) is 3.17. The molecule has 8 heteroatoms. The molecular weight excluding hydrogens is 310 g/mol. The highest BCUT2D eigenvalue weighted by atomic mass is 16.5. The molecule has 0 saturated heterocycles. The van der Waals surface area contributed by atoms with Gasteiger partial charge in [-0.25, -0.2) is 9.67 Å². The van der Waals surface area contributed by atoms with E-state index >= 15 is 0 Å². The number of esters is 1. The van der Waals surface area contributed by atoms with Crippen LogP contribution in [0.3, 0.4) is 0 Å². The first-order valence-electron chi connectivity index (χ1n) is 7.71. The molecule has 0 unspecified atom stereocenters. The lowest BCUT2D eigenvalue weighted by Crippen LogP contribution is -2.05. The van der Waals surface area contributed by atoms with Gasteiger partial charge in [0.2, 0.25) is 5.95 Å². The van der Waals surface area contributed by atoms with Crippen molar-refractivity contribution in [2.45, 2.75) is 32.7 Å². The number of carbonyl (C=O) groups excluding carboxylic acids is 1. The number of aromatic nitrogens is 4. The third kappa shape index (κ3) is 3.22. The van der Waals surface area contributed by atoms with Crippen LogP contribution < -0.4 is 5.73 Å². The lowest BCUT2D eigenvalue weighted by molar-refractivity contribution is -0.140. The van der Waals surface area contributed by atoms with Gasteiger partial charge >= 0.3 is 5.97 Å². The number of hydrogen-bond donors (Lipinski definition) is 1. The highest BCUT2D eigenvalue weighted by Crippen LogP contribution is 2.28. The predicted octanol–water partition coefficient (Wildman–Crippen LogP) is 2.32. The van der Waals surface area contributed by atoms with Crippen LogP contribution in [0.15, 0.2) is 22.7 Å². The molecule has 0 spiro atoms. The topological polar surface area (TPSA) is 109 Å². The summed E-state index contributed by atoms with van der Waals surface area (Å²) in [7, 11) is 1.39. The smallest absolute Gasteiger partial charge is 0.305 e. The van der Waals surface area contributed by atoms with Crippen LogP contribution >= 0.6 is 0 Å². The second-order valence-corrected chi connectivity index (χ2v) is 5.48. The van der Waals surface area contributed by atoms with Gasteiger partial charge in [-0.05, 0) is 31.9 Å². The molecule has 0 aliphatic rings. The predicted molar refractivity (Wildman–Crippen MR) is 88.0 cm³/mol. The molecule has 3 heterocycles. The Morgan fingerprint density at radius 3 is 2.88 bits per heavy atom. The SMILES string of the molecule is COC(=O)CCCCn1ncc2c(-c3ccc(C)o3)nc(N)nc21. The number of nitrogens with two attached hydrogens (primary N) is 1. The van der Waals surface area contributed by atoms with E-state index in [1.807, 2.05) is 19.1 Å². The van der Waals surface area contributed by atoms with Crippen molar-refractivity contribution >= 4 is 23.0 Å². The van der Waals surface area contributed by atoms with Crippen LogP contribution in [-0.2, 0) is 16.1 Å². The maximum Gasteiger partial charge on any atom is 0.305 e. The van der Waals surface area contributed by atoms with Crippen LogP contribution in [0, 0.1) is 6.92 Å². The van der Waals surface area contributed by atoms with Gasteiger partial charge in [0.1, 0.15) is 11.5 Å². The van der Waals surface area contributed by atoms with Crippen LogP contribution in [0.4, 0.5) is 5.95 Å². The number of rotatable bonds is 6. The Morgan fingerprint density at radius 1 is 1.33 bits per heavy atom. The van der Waals surface area contributed by atoms with Crippen LogP contribution in [-0.4, -0.2) is 32.8 Å². The molecule has 3 rings (SSSR count).